The average molecular weight is 451 g/mol. The van der Waals surface area contributed by atoms with E-state index in [4.69, 9.17) is 9.47 Å². The molecule has 4 rings (SSSR count). The molecule has 0 aliphatic carbocycles. The van der Waals surface area contributed by atoms with Gasteiger partial charge in [0.15, 0.2) is 11.5 Å². The lowest BCUT2D eigenvalue weighted by Gasteiger charge is -2.32. The average Bonchev–Trinajstić information content (AvgIpc) is 3.17. The number of hydrogen-bond acceptors (Lipinski definition) is 6. The lowest BCUT2D eigenvalue weighted by Crippen LogP contribution is -2.48. The molecule has 0 unspecified atom stereocenters. The largest absolute Gasteiger partial charge is 0.485 e. The van der Waals surface area contributed by atoms with Gasteiger partial charge in [0.05, 0.1) is 4.90 Å². The molecule has 2 aliphatic heterocycles. The fraction of sp³-hybridized carbons (Fsp3) is 0.476. The van der Waals surface area contributed by atoms with Crippen LogP contribution in [-0.4, -0.2) is 51.6 Å². The van der Waals surface area contributed by atoms with Crippen molar-refractivity contribution >= 4 is 27.3 Å². The minimum atomic E-state index is -3.66. The van der Waals surface area contributed by atoms with Crippen molar-refractivity contribution in [3.05, 3.63) is 40.1 Å². The first kappa shape index (κ1) is 21.1. The smallest absolute Gasteiger partial charge is 0.267 e. The van der Waals surface area contributed by atoms with Gasteiger partial charge < -0.3 is 14.4 Å². The Bertz CT molecular complexity index is 1010. The van der Waals surface area contributed by atoms with Gasteiger partial charge in [-0.15, -0.1) is 11.3 Å². The van der Waals surface area contributed by atoms with Crippen molar-refractivity contribution in [2.45, 2.75) is 43.6 Å². The highest BCUT2D eigenvalue weighted by molar-refractivity contribution is 7.89. The Morgan fingerprint density at radius 2 is 2.00 bits per heavy atom. The maximum atomic E-state index is 12.6. The minimum absolute atomic E-state index is 0.0671. The number of benzene rings is 1. The molecule has 0 saturated carbocycles. The van der Waals surface area contributed by atoms with Crippen LogP contribution in [0.3, 0.4) is 0 Å². The molecule has 30 heavy (non-hydrogen) atoms. The van der Waals surface area contributed by atoms with E-state index in [1.807, 2.05) is 23.3 Å². The molecule has 1 N–H and O–H groups in total. The number of fused-ring (bicyclic) bond motifs is 1. The van der Waals surface area contributed by atoms with Crippen molar-refractivity contribution in [3.8, 4) is 11.5 Å². The van der Waals surface area contributed by atoms with Gasteiger partial charge in [-0.2, -0.15) is 0 Å². The Kier molecular flexibility index (Phi) is 6.31. The standard InChI is InChI=1S/C21H26N2O5S2/c1-15-8-12-29-20(15)7-9-22-30(25,26)16-5-6-17-18(13-16)27-14-19(28-17)21(24)23-10-3-2-4-11-23/h5-6,8,12-13,19,22H,2-4,7,9-11,14H2,1H3/t19-/m1/s1. The SMILES string of the molecule is Cc1ccsc1CCNS(=O)(=O)c1ccc2c(c1)OC[C@H](C(=O)N1CCCCC1)O2. The van der Waals surface area contributed by atoms with Crippen molar-refractivity contribution in [1.82, 2.24) is 9.62 Å². The van der Waals surface area contributed by atoms with Gasteiger partial charge in [0.2, 0.25) is 16.1 Å². The Morgan fingerprint density at radius 3 is 2.73 bits per heavy atom. The normalized spacial score (nSPS) is 19.0. The minimum Gasteiger partial charge on any atom is -0.485 e. The first-order valence-corrected chi connectivity index (χ1v) is 12.6. The van der Waals surface area contributed by atoms with E-state index in [2.05, 4.69) is 4.72 Å². The van der Waals surface area contributed by atoms with Crippen molar-refractivity contribution in [2.75, 3.05) is 26.2 Å². The number of hydrogen-bond donors (Lipinski definition) is 1. The number of likely N-dealkylation sites (tertiary alicyclic amines) is 1. The van der Waals surface area contributed by atoms with Crippen molar-refractivity contribution in [1.29, 1.82) is 0 Å². The summed E-state index contributed by atoms with van der Waals surface area (Å²) in [6, 6.07) is 6.52. The summed E-state index contributed by atoms with van der Waals surface area (Å²) in [5.74, 6) is 0.669. The van der Waals surface area contributed by atoms with Crippen molar-refractivity contribution in [2.24, 2.45) is 0 Å². The molecule has 1 fully saturated rings. The van der Waals surface area contributed by atoms with Crippen LogP contribution in [0.25, 0.3) is 0 Å². The number of nitrogens with zero attached hydrogens (tertiary/aromatic N) is 1. The Hall–Kier alpha value is -2.10. The second-order valence-corrected chi connectivity index (χ2v) is 10.4. The molecule has 0 spiro atoms. The van der Waals surface area contributed by atoms with E-state index in [0.29, 0.717) is 24.5 Å². The molecule has 1 aromatic heterocycles. The summed E-state index contributed by atoms with van der Waals surface area (Å²) in [4.78, 5) is 15.8. The number of carbonyl (C=O) groups is 1. The van der Waals surface area contributed by atoms with Crippen LogP contribution in [-0.2, 0) is 21.2 Å². The second-order valence-electron chi connectivity index (χ2n) is 7.59. The third kappa shape index (κ3) is 4.63. The predicted octanol–water partition coefficient (Wildman–Crippen LogP) is 2.73. The molecule has 1 aromatic carbocycles. The zero-order valence-corrected chi connectivity index (χ0v) is 18.6. The van der Waals surface area contributed by atoms with Gasteiger partial charge in [-0.05, 0) is 61.7 Å². The van der Waals surface area contributed by atoms with Crippen LogP contribution in [0.4, 0.5) is 0 Å². The molecule has 2 aliphatic rings. The van der Waals surface area contributed by atoms with Gasteiger partial charge in [-0.25, -0.2) is 13.1 Å². The van der Waals surface area contributed by atoms with Crippen LogP contribution in [0, 0.1) is 6.92 Å². The summed E-state index contributed by atoms with van der Waals surface area (Å²) in [5, 5.41) is 2.00. The molecule has 9 heteroatoms. The van der Waals surface area contributed by atoms with Gasteiger partial charge in [-0.3, -0.25) is 4.79 Å². The predicted molar refractivity (Wildman–Crippen MR) is 115 cm³/mol. The van der Waals surface area contributed by atoms with Gasteiger partial charge in [0.25, 0.3) is 5.91 Å². The number of aryl methyl sites for hydroxylation is 1. The highest BCUT2D eigenvalue weighted by atomic mass is 32.2. The molecule has 7 nitrogen and oxygen atoms in total. The first-order valence-electron chi connectivity index (χ1n) is 10.2. The summed E-state index contributed by atoms with van der Waals surface area (Å²) >= 11 is 1.62. The number of amides is 1. The van der Waals surface area contributed by atoms with E-state index >= 15 is 0 Å². The highest BCUT2D eigenvalue weighted by Crippen LogP contribution is 2.34. The zero-order chi connectivity index (χ0) is 21.1. The molecule has 1 atom stereocenters. The molecule has 1 saturated heterocycles. The molecule has 1 amide bonds. The Morgan fingerprint density at radius 1 is 1.20 bits per heavy atom. The molecular formula is C21H26N2O5S2. The number of rotatable bonds is 6. The molecule has 3 heterocycles. The summed E-state index contributed by atoms with van der Waals surface area (Å²) in [7, 11) is -3.66. The van der Waals surface area contributed by atoms with Crippen LogP contribution in [0.5, 0.6) is 11.5 Å². The Labute approximate surface area is 181 Å². The molecule has 162 valence electrons. The maximum Gasteiger partial charge on any atom is 0.267 e. The second kappa shape index (κ2) is 8.95. The van der Waals surface area contributed by atoms with Gasteiger partial charge in [-0.1, -0.05) is 0 Å². The van der Waals surface area contributed by atoms with Crippen molar-refractivity contribution < 1.29 is 22.7 Å². The van der Waals surface area contributed by atoms with Crippen LogP contribution in [0.1, 0.15) is 29.7 Å². The lowest BCUT2D eigenvalue weighted by atomic mass is 10.1. The summed E-state index contributed by atoms with van der Waals surface area (Å²) in [6.07, 6.45) is 3.12. The van der Waals surface area contributed by atoms with Crippen LogP contribution in [0.15, 0.2) is 34.5 Å². The first-order chi connectivity index (χ1) is 14.4. The zero-order valence-electron chi connectivity index (χ0n) is 16.9. The van der Waals surface area contributed by atoms with Gasteiger partial charge in [0.1, 0.15) is 6.61 Å². The van der Waals surface area contributed by atoms with Crippen LogP contribution < -0.4 is 14.2 Å². The third-order valence-electron chi connectivity index (χ3n) is 5.44. The number of ether oxygens (including phenoxy) is 2. The summed E-state index contributed by atoms with van der Waals surface area (Å²) in [6.45, 7) is 3.92. The number of thiophene rings is 1. The molecule has 0 radical (unpaired) electrons. The molecular weight excluding hydrogens is 424 g/mol. The van der Waals surface area contributed by atoms with E-state index in [1.54, 1.807) is 17.4 Å². The van der Waals surface area contributed by atoms with E-state index < -0.39 is 16.1 Å². The van der Waals surface area contributed by atoms with Gasteiger partial charge in [0, 0.05) is 30.6 Å². The molecule has 0 bridgehead atoms. The van der Waals surface area contributed by atoms with Crippen LogP contribution in [0.2, 0.25) is 0 Å². The van der Waals surface area contributed by atoms with E-state index in [0.717, 1.165) is 32.4 Å². The third-order valence-corrected chi connectivity index (χ3v) is 7.98. The Balaban J connectivity index is 1.39. The van der Waals surface area contributed by atoms with E-state index in [-0.39, 0.29) is 17.4 Å². The van der Waals surface area contributed by atoms with E-state index in [9.17, 15) is 13.2 Å². The summed E-state index contributed by atoms with van der Waals surface area (Å²) in [5.41, 5.74) is 1.17. The fourth-order valence-corrected chi connectivity index (χ4v) is 5.66. The number of nitrogens with one attached hydrogen (secondary N) is 1. The number of piperidine rings is 1. The maximum absolute atomic E-state index is 12.6. The lowest BCUT2D eigenvalue weighted by molar-refractivity contribution is -0.142. The van der Waals surface area contributed by atoms with Crippen molar-refractivity contribution in [3.63, 3.8) is 0 Å². The fourth-order valence-electron chi connectivity index (χ4n) is 3.70. The van der Waals surface area contributed by atoms with E-state index in [1.165, 1.54) is 22.6 Å². The van der Waals surface area contributed by atoms with Crippen LogP contribution >= 0.6 is 11.3 Å². The van der Waals surface area contributed by atoms with Gasteiger partial charge >= 0.3 is 0 Å². The number of carbonyl (C=O) groups excluding carboxylic acids is 1. The number of sulfonamides is 1. The monoisotopic (exact) mass is 450 g/mol. The summed E-state index contributed by atoms with van der Waals surface area (Å²) < 4.78 is 39.5. The molecule has 2 aromatic rings. The highest BCUT2D eigenvalue weighted by Gasteiger charge is 2.32. The topological polar surface area (TPSA) is 84.9 Å². The quantitative estimate of drug-likeness (QED) is 0.732.